The number of aromatic nitrogens is 3. The first kappa shape index (κ1) is 19.7. The summed E-state index contributed by atoms with van der Waals surface area (Å²) < 4.78 is 10.9. The van der Waals surface area contributed by atoms with Crippen molar-refractivity contribution in [2.75, 3.05) is 19.1 Å². The minimum Gasteiger partial charge on any atom is -0.454 e. The Labute approximate surface area is 191 Å². The van der Waals surface area contributed by atoms with Gasteiger partial charge in [0.2, 0.25) is 6.79 Å². The lowest BCUT2D eigenvalue weighted by Crippen LogP contribution is -2.31. The summed E-state index contributed by atoms with van der Waals surface area (Å²) in [6.45, 7) is 2.90. The highest BCUT2D eigenvalue weighted by molar-refractivity contribution is 5.64. The van der Waals surface area contributed by atoms with Crippen molar-refractivity contribution in [3.8, 4) is 34.1 Å². The van der Waals surface area contributed by atoms with Gasteiger partial charge in [0.1, 0.15) is 0 Å². The van der Waals surface area contributed by atoms with Crippen molar-refractivity contribution in [3.05, 3.63) is 83.8 Å². The lowest BCUT2D eigenvalue weighted by molar-refractivity contribution is 0.174. The Morgan fingerprint density at radius 3 is 2.58 bits per heavy atom. The summed E-state index contributed by atoms with van der Waals surface area (Å²) in [7, 11) is 0. The van der Waals surface area contributed by atoms with Gasteiger partial charge in [0, 0.05) is 60.8 Å². The van der Waals surface area contributed by atoms with Gasteiger partial charge in [0.05, 0.1) is 11.4 Å². The zero-order chi connectivity index (χ0) is 22.2. The molecule has 7 heteroatoms. The molecular weight excluding hydrogens is 414 g/mol. The quantitative estimate of drug-likeness (QED) is 0.482. The van der Waals surface area contributed by atoms with Gasteiger partial charge in [0.15, 0.2) is 17.3 Å². The molecule has 164 valence electrons. The molecule has 0 spiro atoms. The molecule has 33 heavy (non-hydrogen) atoms. The summed E-state index contributed by atoms with van der Waals surface area (Å²) in [5, 5.41) is 0. The first-order chi connectivity index (χ1) is 16.2. The minimum absolute atomic E-state index is 0.276. The zero-order valence-electron chi connectivity index (χ0n) is 18.1. The highest BCUT2D eigenvalue weighted by atomic mass is 16.7. The Morgan fingerprint density at radius 1 is 0.879 bits per heavy atom. The smallest absolute Gasteiger partial charge is 0.231 e. The fraction of sp³-hybridized carbons (Fsp3) is 0.192. The molecular formula is C26H23N5O2. The maximum atomic E-state index is 5.79. The van der Waals surface area contributed by atoms with Crippen molar-refractivity contribution in [1.82, 2.24) is 19.9 Å². The summed E-state index contributed by atoms with van der Waals surface area (Å²) in [5.74, 6) is 2.31. The Balaban J connectivity index is 1.13. The lowest BCUT2D eigenvalue weighted by Gasteiger charge is -2.28. The molecule has 0 saturated heterocycles. The van der Waals surface area contributed by atoms with Gasteiger partial charge in [-0.15, -0.1) is 0 Å². The molecule has 0 saturated carbocycles. The van der Waals surface area contributed by atoms with E-state index in [0.717, 1.165) is 71.6 Å². The topological polar surface area (TPSA) is 86.4 Å². The number of benzene rings is 2. The second kappa shape index (κ2) is 8.18. The van der Waals surface area contributed by atoms with Gasteiger partial charge in [-0.3, -0.25) is 9.88 Å². The first-order valence-electron chi connectivity index (χ1n) is 11.0. The molecule has 0 atom stereocenters. The van der Waals surface area contributed by atoms with Crippen molar-refractivity contribution < 1.29 is 9.47 Å². The molecule has 2 aromatic heterocycles. The van der Waals surface area contributed by atoms with Crippen molar-refractivity contribution >= 4 is 5.69 Å². The number of nitrogens with zero attached hydrogens (tertiary/aromatic N) is 4. The predicted molar refractivity (Wildman–Crippen MR) is 125 cm³/mol. The van der Waals surface area contributed by atoms with E-state index in [1.807, 2.05) is 54.9 Å². The maximum Gasteiger partial charge on any atom is 0.231 e. The van der Waals surface area contributed by atoms with Gasteiger partial charge < -0.3 is 15.2 Å². The molecule has 6 rings (SSSR count). The van der Waals surface area contributed by atoms with Crippen LogP contribution in [0.1, 0.15) is 16.8 Å². The molecule has 0 amide bonds. The molecule has 4 aromatic rings. The molecule has 2 N–H and O–H groups in total. The van der Waals surface area contributed by atoms with Gasteiger partial charge in [0.25, 0.3) is 0 Å². The summed E-state index contributed by atoms with van der Waals surface area (Å²) in [6.07, 6.45) is 4.82. The number of fused-ring (bicyclic) bond motifs is 2. The van der Waals surface area contributed by atoms with Gasteiger partial charge in [-0.1, -0.05) is 6.07 Å². The molecule has 0 fully saturated rings. The van der Waals surface area contributed by atoms with Gasteiger partial charge in [-0.2, -0.15) is 0 Å². The van der Waals surface area contributed by atoms with Gasteiger partial charge in [-0.05, 0) is 54.1 Å². The highest BCUT2D eigenvalue weighted by Crippen LogP contribution is 2.35. The van der Waals surface area contributed by atoms with Crippen LogP contribution in [0.3, 0.4) is 0 Å². The molecule has 2 aliphatic rings. The molecule has 7 nitrogen and oxygen atoms in total. The van der Waals surface area contributed by atoms with Gasteiger partial charge >= 0.3 is 0 Å². The Kier molecular flexibility index (Phi) is 4.88. The van der Waals surface area contributed by atoms with E-state index in [9.17, 15) is 0 Å². The number of hydrogen-bond acceptors (Lipinski definition) is 7. The molecule has 2 aliphatic heterocycles. The Hall–Kier alpha value is -3.97. The van der Waals surface area contributed by atoms with Crippen molar-refractivity contribution in [1.29, 1.82) is 0 Å². The van der Waals surface area contributed by atoms with Gasteiger partial charge in [-0.25, -0.2) is 9.97 Å². The fourth-order valence-corrected chi connectivity index (χ4v) is 4.28. The maximum absolute atomic E-state index is 5.79. The Bertz CT molecular complexity index is 1310. The van der Waals surface area contributed by atoms with Crippen LogP contribution in [0, 0.1) is 0 Å². The van der Waals surface area contributed by atoms with Crippen LogP contribution in [0.2, 0.25) is 0 Å². The fourth-order valence-electron chi connectivity index (χ4n) is 4.28. The van der Waals surface area contributed by atoms with E-state index >= 15 is 0 Å². The van der Waals surface area contributed by atoms with Crippen LogP contribution in [-0.2, 0) is 19.5 Å². The number of nitrogens with two attached hydrogens (primary N) is 1. The van der Waals surface area contributed by atoms with E-state index in [-0.39, 0.29) is 6.79 Å². The second-order valence-corrected chi connectivity index (χ2v) is 8.37. The first-order valence-corrected chi connectivity index (χ1v) is 11.0. The SMILES string of the molecule is Nc1ccc(-c2ncc3c(n2)CCN(Cc2ccc(-c4ccc5c(c4)OCO5)nc2)C3)cc1. The van der Waals surface area contributed by atoms with E-state index in [0.29, 0.717) is 0 Å². The molecule has 0 aliphatic carbocycles. The third-order valence-corrected chi connectivity index (χ3v) is 6.08. The largest absolute Gasteiger partial charge is 0.454 e. The zero-order valence-corrected chi connectivity index (χ0v) is 18.1. The summed E-state index contributed by atoms with van der Waals surface area (Å²) >= 11 is 0. The number of rotatable bonds is 4. The van der Waals surface area contributed by atoms with Crippen LogP contribution in [0.4, 0.5) is 5.69 Å². The molecule has 0 bridgehead atoms. The number of pyridine rings is 1. The standard InChI is InChI=1S/C26H23N5O2/c27-21-5-2-18(3-6-21)26-29-13-20-15-31(10-9-23(20)30-26)14-17-1-7-22(28-12-17)19-4-8-24-25(11-19)33-16-32-24/h1-8,11-13H,9-10,14-16,27H2. The lowest BCUT2D eigenvalue weighted by atomic mass is 10.1. The van der Waals surface area contributed by atoms with E-state index in [1.54, 1.807) is 0 Å². The van der Waals surface area contributed by atoms with Crippen LogP contribution in [-0.4, -0.2) is 33.2 Å². The van der Waals surface area contributed by atoms with Crippen LogP contribution in [0.5, 0.6) is 11.5 Å². The van der Waals surface area contributed by atoms with Crippen LogP contribution in [0.15, 0.2) is 67.0 Å². The summed E-state index contributed by atoms with van der Waals surface area (Å²) in [4.78, 5) is 16.5. The van der Waals surface area contributed by atoms with E-state index in [2.05, 4.69) is 27.0 Å². The third-order valence-electron chi connectivity index (χ3n) is 6.08. The summed E-state index contributed by atoms with van der Waals surface area (Å²) in [6, 6.07) is 17.8. The van der Waals surface area contributed by atoms with Crippen molar-refractivity contribution in [3.63, 3.8) is 0 Å². The minimum atomic E-state index is 0.276. The highest BCUT2D eigenvalue weighted by Gasteiger charge is 2.19. The molecule has 2 aromatic carbocycles. The Morgan fingerprint density at radius 2 is 1.73 bits per heavy atom. The number of hydrogen-bond donors (Lipinski definition) is 1. The van der Waals surface area contributed by atoms with Crippen LogP contribution < -0.4 is 15.2 Å². The number of anilines is 1. The normalized spacial score (nSPS) is 14.8. The average Bonchev–Trinajstić information content (AvgIpc) is 3.33. The van der Waals surface area contributed by atoms with Crippen molar-refractivity contribution in [2.24, 2.45) is 0 Å². The van der Waals surface area contributed by atoms with E-state index in [1.165, 1.54) is 11.1 Å². The predicted octanol–water partition coefficient (Wildman–Crippen LogP) is 4.07. The molecule has 0 unspecified atom stereocenters. The van der Waals surface area contributed by atoms with Crippen LogP contribution in [0.25, 0.3) is 22.6 Å². The van der Waals surface area contributed by atoms with E-state index < -0.39 is 0 Å². The summed E-state index contributed by atoms with van der Waals surface area (Å²) in [5.41, 5.74) is 13.0. The van der Waals surface area contributed by atoms with Crippen LogP contribution >= 0.6 is 0 Å². The number of nitrogen functional groups attached to an aromatic ring is 1. The van der Waals surface area contributed by atoms with E-state index in [4.69, 9.17) is 20.2 Å². The monoisotopic (exact) mass is 437 g/mol. The van der Waals surface area contributed by atoms with Crippen molar-refractivity contribution in [2.45, 2.75) is 19.5 Å². The molecule has 0 radical (unpaired) electrons. The number of ether oxygens (including phenoxy) is 2. The average molecular weight is 438 g/mol. The molecule has 4 heterocycles. The third kappa shape index (κ3) is 3.99. The second-order valence-electron chi connectivity index (χ2n) is 8.37.